The number of carbonyl (C=O) groups excluding carboxylic acids is 2. The van der Waals surface area contributed by atoms with Gasteiger partial charge in [-0.2, -0.15) is 0 Å². The molecule has 0 N–H and O–H groups in total. The number of fused-ring (bicyclic) bond motifs is 3. The second-order valence-electron chi connectivity index (χ2n) is 6.17. The van der Waals surface area contributed by atoms with E-state index < -0.39 is 0 Å². The van der Waals surface area contributed by atoms with Gasteiger partial charge in [-0.1, -0.05) is 52.3 Å². The molecular formula is C19H16BrNO2. The molecule has 2 aromatic rings. The fourth-order valence-electron chi connectivity index (χ4n) is 3.80. The first-order valence-corrected chi connectivity index (χ1v) is 8.61. The van der Waals surface area contributed by atoms with Crippen molar-refractivity contribution in [2.45, 2.75) is 18.9 Å². The van der Waals surface area contributed by atoms with Crippen LogP contribution in [0, 0.1) is 5.92 Å². The number of hydrogen-bond acceptors (Lipinski definition) is 2. The fraction of sp³-hybridized carbons (Fsp3) is 0.263. The molecular weight excluding hydrogens is 354 g/mol. The van der Waals surface area contributed by atoms with Crippen LogP contribution in [0.25, 0.3) is 0 Å². The van der Waals surface area contributed by atoms with E-state index in [0.717, 1.165) is 16.5 Å². The second kappa shape index (κ2) is 5.60. The van der Waals surface area contributed by atoms with E-state index in [2.05, 4.69) is 28.1 Å². The van der Waals surface area contributed by atoms with E-state index in [1.54, 1.807) is 0 Å². The van der Waals surface area contributed by atoms with Gasteiger partial charge in [0.1, 0.15) is 0 Å². The van der Waals surface area contributed by atoms with Crippen LogP contribution in [-0.4, -0.2) is 23.1 Å². The number of benzene rings is 2. The summed E-state index contributed by atoms with van der Waals surface area (Å²) in [5.74, 6) is -0.132. The first kappa shape index (κ1) is 14.6. The van der Waals surface area contributed by atoms with Gasteiger partial charge < -0.3 is 4.90 Å². The highest BCUT2D eigenvalue weighted by Gasteiger charge is 2.46. The highest BCUT2D eigenvalue weighted by atomic mass is 79.9. The SMILES string of the molecule is O=C(c1ccccc1)[C@@H]1CC(=O)N2CCc3ccc(Br)cc3[C@@H]12. The maximum atomic E-state index is 13.0. The first-order chi connectivity index (χ1) is 11.1. The number of Topliss-reactive ketones (excluding diaryl/α,β-unsaturated/α-hetero) is 1. The number of amides is 1. The molecule has 2 heterocycles. The molecule has 3 nitrogen and oxygen atoms in total. The lowest BCUT2D eigenvalue weighted by atomic mass is 9.83. The average molecular weight is 370 g/mol. The smallest absolute Gasteiger partial charge is 0.223 e. The molecule has 116 valence electrons. The molecule has 1 amide bonds. The highest BCUT2D eigenvalue weighted by molar-refractivity contribution is 9.10. The van der Waals surface area contributed by atoms with Crippen LogP contribution in [0.4, 0.5) is 0 Å². The van der Waals surface area contributed by atoms with Crippen molar-refractivity contribution in [1.29, 1.82) is 0 Å². The Kier molecular flexibility index (Phi) is 3.57. The largest absolute Gasteiger partial charge is 0.335 e. The lowest BCUT2D eigenvalue weighted by Gasteiger charge is -2.34. The van der Waals surface area contributed by atoms with Crippen LogP contribution in [0.3, 0.4) is 0 Å². The van der Waals surface area contributed by atoms with Gasteiger partial charge in [0, 0.05) is 23.0 Å². The molecule has 2 aliphatic heterocycles. The molecule has 2 atom stereocenters. The zero-order valence-electron chi connectivity index (χ0n) is 12.5. The normalized spacial score (nSPS) is 22.7. The van der Waals surface area contributed by atoms with Crippen LogP contribution < -0.4 is 0 Å². The van der Waals surface area contributed by atoms with Crippen molar-refractivity contribution in [3.8, 4) is 0 Å². The van der Waals surface area contributed by atoms with Crippen LogP contribution >= 0.6 is 15.9 Å². The third kappa shape index (κ3) is 2.41. The average Bonchev–Trinajstić information content (AvgIpc) is 2.92. The Morgan fingerprint density at radius 1 is 1.13 bits per heavy atom. The zero-order chi connectivity index (χ0) is 16.0. The zero-order valence-corrected chi connectivity index (χ0v) is 14.1. The quantitative estimate of drug-likeness (QED) is 0.755. The molecule has 4 rings (SSSR count). The maximum Gasteiger partial charge on any atom is 0.223 e. The molecule has 0 bridgehead atoms. The summed E-state index contributed by atoms with van der Waals surface area (Å²) in [5, 5.41) is 0. The van der Waals surface area contributed by atoms with E-state index in [1.807, 2.05) is 41.3 Å². The van der Waals surface area contributed by atoms with Crippen molar-refractivity contribution >= 4 is 27.6 Å². The Morgan fingerprint density at radius 2 is 1.91 bits per heavy atom. The lowest BCUT2D eigenvalue weighted by Crippen LogP contribution is -2.36. The number of rotatable bonds is 2. The molecule has 1 fully saturated rings. The van der Waals surface area contributed by atoms with Gasteiger partial charge in [0.25, 0.3) is 0 Å². The molecule has 1 saturated heterocycles. The van der Waals surface area contributed by atoms with E-state index in [0.29, 0.717) is 18.5 Å². The molecule has 0 radical (unpaired) electrons. The van der Waals surface area contributed by atoms with Crippen molar-refractivity contribution in [3.63, 3.8) is 0 Å². The van der Waals surface area contributed by atoms with E-state index in [9.17, 15) is 9.59 Å². The molecule has 4 heteroatoms. The monoisotopic (exact) mass is 369 g/mol. The van der Waals surface area contributed by atoms with Gasteiger partial charge in [0.15, 0.2) is 5.78 Å². The molecule has 2 aromatic carbocycles. The maximum absolute atomic E-state index is 13.0. The van der Waals surface area contributed by atoms with E-state index in [-0.39, 0.29) is 23.7 Å². The predicted molar refractivity (Wildman–Crippen MR) is 91.2 cm³/mol. The van der Waals surface area contributed by atoms with E-state index in [1.165, 1.54) is 5.56 Å². The topological polar surface area (TPSA) is 37.4 Å². The van der Waals surface area contributed by atoms with Crippen LogP contribution in [0.1, 0.15) is 33.9 Å². The summed E-state index contributed by atoms with van der Waals surface area (Å²) in [6.07, 6.45) is 1.17. The highest BCUT2D eigenvalue weighted by Crippen LogP contribution is 2.44. The fourth-order valence-corrected chi connectivity index (χ4v) is 4.18. The summed E-state index contributed by atoms with van der Waals surface area (Å²) >= 11 is 3.52. The van der Waals surface area contributed by atoms with Crippen molar-refractivity contribution in [3.05, 3.63) is 69.7 Å². The molecule has 2 aliphatic rings. The second-order valence-corrected chi connectivity index (χ2v) is 7.08. The third-order valence-corrected chi connectivity index (χ3v) is 5.37. The Balaban J connectivity index is 1.77. The minimum atomic E-state index is -0.293. The number of nitrogens with zero attached hydrogens (tertiary/aromatic N) is 1. The van der Waals surface area contributed by atoms with Gasteiger partial charge in [-0.15, -0.1) is 0 Å². The first-order valence-electron chi connectivity index (χ1n) is 7.82. The van der Waals surface area contributed by atoms with Crippen LogP contribution in [0.5, 0.6) is 0 Å². The van der Waals surface area contributed by atoms with Gasteiger partial charge >= 0.3 is 0 Å². The molecule has 0 saturated carbocycles. The van der Waals surface area contributed by atoms with Crippen LogP contribution in [-0.2, 0) is 11.2 Å². The van der Waals surface area contributed by atoms with Gasteiger partial charge in [0.2, 0.25) is 5.91 Å². The number of ketones is 1. The molecule has 0 aliphatic carbocycles. The van der Waals surface area contributed by atoms with Crippen LogP contribution in [0.2, 0.25) is 0 Å². The Morgan fingerprint density at radius 3 is 2.70 bits per heavy atom. The third-order valence-electron chi connectivity index (χ3n) is 4.88. The number of carbonyl (C=O) groups is 2. The van der Waals surface area contributed by atoms with Gasteiger partial charge in [-0.25, -0.2) is 0 Å². The van der Waals surface area contributed by atoms with Crippen molar-refractivity contribution < 1.29 is 9.59 Å². The summed E-state index contributed by atoms with van der Waals surface area (Å²) in [7, 11) is 0. The van der Waals surface area contributed by atoms with E-state index in [4.69, 9.17) is 0 Å². The summed E-state index contributed by atoms with van der Waals surface area (Å²) < 4.78 is 0.989. The molecule has 0 unspecified atom stereocenters. The predicted octanol–water partition coefficient (Wildman–Crippen LogP) is 3.78. The van der Waals surface area contributed by atoms with E-state index >= 15 is 0 Å². The van der Waals surface area contributed by atoms with Gasteiger partial charge in [0.05, 0.1) is 12.0 Å². The minimum Gasteiger partial charge on any atom is -0.335 e. The lowest BCUT2D eigenvalue weighted by molar-refractivity contribution is -0.129. The molecule has 0 aromatic heterocycles. The van der Waals surface area contributed by atoms with Crippen molar-refractivity contribution in [2.75, 3.05) is 6.54 Å². The number of halogens is 1. The Hall–Kier alpha value is -1.94. The van der Waals surface area contributed by atoms with Crippen molar-refractivity contribution in [1.82, 2.24) is 4.90 Å². The standard InChI is InChI=1S/C19H16BrNO2/c20-14-7-6-12-8-9-21-17(22)11-16(18(21)15(12)10-14)19(23)13-4-2-1-3-5-13/h1-7,10,16,18H,8-9,11H2/t16-,18+/m1/s1. The van der Waals surface area contributed by atoms with Gasteiger partial charge in [-0.05, 0) is 29.7 Å². The van der Waals surface area contributed by atoms with Crippen LogP contribution in [0.15, 0.2) is 53.0 Å². The number of hydrogen-bond donors (Lipinski definition) is 0. The van der Waals surface area contributed by atoms with Crippen molar-refractivity contribution in [2.24, 2.45) is 5.92 Å². The minimum absolute atomic E-state index is 0.0688. The van der Waals surface area contributed by atoms with Gasteiger partial charge in [-0.3, -0.25) is 9.59 Å². The summed E-state index contributed by atoms with van der Waals surface area (Å²) in [6.45, 7) is 0.705. The Labute approximate surface area is 143 Å². The summed E-state index contributed by atoms with van der Waals surface area (Å²) in [5.41, 5.74) is 3.05. The Bertz CT molecular complexity index is 787. The molecule has 0 spiro atoms. The molecule has 23 heavy (non-hydrogen) atoms. The summed E-state index contributed by atoms with van der Waals surface area (Å²) in [4.78, 5) is 27.3. The summed E-state index contributed by atoms with van der Waals surface area (Å²) in [6, 6.07) is 15.4.